The van der Waals surface area contributed by atoms with E-state index in [-0.39, 0.29) is 0 Å². The fraction of sp³-hybridized carbons (Fsp3) is 0.846. The van der Waals surface area contributed by atoms with Gasteiger partial charge in [-0.25, -0.2) is 0 Å². The Kier molecular flexibility index (Phi) is 4.55. The average molecular weight is 180 g/mol. The molecule has 0 aliphatic heterocycles. The molecule has 0 heterocycles. The fourth-order valence-electron chi connectivity index (χ4n) is 2.18. The van der Waals surface area contributed by atoms with E-state index in [0.29, 0.717) is 0 Å². The lowest BCUT2D eigenvalue weighted by Gasteiger charge is -2.24. The first-order chi connectivity index (χ1) is 6.20. The van der Waals surface area contributed by atoms with Crippen molar-refractivity contribution in [3.8, 4) is 0 Å². The van der Waals surface area contributed by atoms with Crippen LogP contribution in [0, 0.1) is 17.8 Å². The van der Waals surface area contributed by atoms with Crippen LogP contribution in [0.25, 0.3) is 0 Å². The van der Waals surface area contributed by atoms with Crippen LogP contribution in [0.1, 0.15) is 52.9 Å². The van der Waals surface area contributed by atoms with Crippen molar-refractivity contribution in [1.82, 2.24) is 0 Å². The van der Waals surface area contributed by atoms with Gasteiger partial charge in [0, 0.05) is 0 Å². The van der Waals surface area contributed by atoms with Gasteiger partial charge in [-0.15, -0.1) is 0 Å². The first-order valence-electron chi connectivity index (χ1n) is 5.87. The van der Waals surface area contributed by atoms with Crippen LogP contribution < -0.4 is 0 Å². The van der Waals surface area contributed by atoms with Gasteiger partial charge >= 0.3 is 0 Å². The highest BCUT2D eigenvalue weighted by Crippen LogP contribution is 2.28. The quantitative estimate of drug-likeness (QED) is 0.562. The minimum Gasteiger partial charge on any atom is -0.0882 e. The SMILES string of the molecule is CC(C)CCCC1C=CCCC1C. The van der Waals surface area contributed by atoms with E-state index in [4.69, 9.17) is 0 Å². The molecule has 0 nitrogen and oxygen atoms in total. The molecule has 0 radical (unpaired) electrons. The molecule has 0 saturated carbocycles. The standard InChI is InChI=1S/C13H24/c1-11(2)7-6-10-13-9-5-4-8-12(13)3/h5,9,11-13H,4,6-8,10H2,1-3H3. The molecular formula is C13H24. The van der Waals surface area contributed by atoms with E-state index < -0.39 is 0 Å². The molecule has 0 fully saturated rings. The molecule has 76 valence electrons. The van der Waals surface area contributed by atoms with Crippen molar-refractivity contribution >= 4 is 0 Å². The Bertz CT molecular complexity index is 155. The molecule has 2 unspecified atom stereocenters. The van der Waals surface area contributed by atoms with Gasteiger partial charge in [0.15, 0.2) is 0 Å². The van der Waals surface area contributed by atoms with E-state index in [0.717, 1.165) is 17.8 Å². The topological polar surface area (TPSA) is 0 Å². The van der Waals surface area contributed by atoms with Crippen LogP contribution in [0.4, 0.5) is 0 Å². The molecule has 13 heavy (non-hydrogen) atoms. The van der Waals surface area contributed by atoms with Gasteiger partial charge in [-0.1, -0.05) is 45.8 Å². The Morgan fingerprint density at radius 1 is 1.38 bits per heavy atom. The van der Waals surface area contributed by atoms with Gasteiger partial charge in [-0.05, 0) is 37.0 Å². The van der Waals surface area contributed by atoms with Crippen LogP contribution in [0.5, 0.6) is 0 Å². The first-order valence-corrected chi connectivity index (χ1v) is 5.87. The van der Waals surface area contributed by atoms with Crippen molar-refractivity contribution in [1.29, 1.82) is 0 Å². The molecule has 1 aliphatic carbocycles. The summed E-state index contributed by atoms with van der Waals surface area (Å²) in [5.74, 6) is 2.69. The number of allylic oxidation sites excluding steroid dienone is 2. The predicted molar refractivity (Wildman–Crippen MR) is 59.7 cm³/mol. The normalized spacial score (nSPS) is 28.3. The van der Waals surface area contributed by atoms with Gasteiger partial charge < -0.3 is 0 Å². The predicted octanol–water partition coefficient (Wildman–Crippen LogP) is 4.42. The van der Waals surface area contributed by atoms with Gasteiger partial charge in [-0.3, -0.25) is 0 Å². The summed E-state index contributed by atoms with van der Waals surface area (Å²) in [7, 11) is 0. The number of hydrogen-bond acceptors (Lipinski definition) is 0. The van der Waals surface area contributed by atoms with E-state index >= 15 is 0 Å². The minimum atomic E-state index is 0.878. The molecule has 0 amide bonds. The van der Waals surface area contributed by atoms with Gasteiger partial charge in [0.05, 0.1) is 0 Å². The molecule has 0 saturated heterocycles. The second-order valence-electron chi connectivity index (χ2n) is 4.97. The van der Waals surface area contributed by atoms with Crippen molar-refractivity contribution in [2.45, 2.75) is 52.9 Å². The highest BCUT2D eigenvalue weighted by molar-refractivity contribution is 4.95. The summed E-state index contributed by atoms with van der Waals surface area (Å²) in [4.78, 5) is 0. The van der Waals surface area contributed by atoms with Crippen molar-refractivity contribution in [3.05, 3.63) is 12.2 Å². The molecular weight excluding hydrogens is 156 g/mol. The van der Waals surface area contributed by atoms with Crippen LogP contribution in [-0.2, 0) is 0 Å². The third kappa shape index (κ3) is 3.97. The summed E-state index contributed by atoms with van der Waals surface area (Å²) in [6, 6.07) is 0. The highest BCUT2D eigenvalue weighted by atomic mass is 14.2. The lowest BCUT2D eigenvalue weighted by molar-refractivity contribution is 0.348. The maximum absolute atomic E-state index is 2.45. The molecule has 1 rings (SSSR count). The second-order valence-corrected chi connectivity index (χ2v) is 4.97. The zero-order valence-electron chi connectivity index (χ0n) is 9.42. The van der Waals surface area contributed by atoms with Crippen molar-refractivity contribution in [2.24, 2.45) is 17.8 Å². The maximum Gasteiger partial charge on any atom is -0.0208 e. The highest BCUT2D eigenvalue weighted by Gasteiger charge is 2.16. The van der Waals surface area contributed by atoms with Gasteiger partial charge in [0.25, 0.3) is 0 Å². The molecule has 1 aliphatic rings. The summed E-state index contributed by atoms with van der Waals surface area (Å²) < 4.78 is 0. The second kappa shape index (κ2) is 5.47. The van der Waals surface area contributed by atoms with Crippen molar-refractivity contribution in [2.75, 3.05) is 0 Å². The largest absolute Gasteiger partial charge is 0.0882 e. The first kappa shape index (κ1) is 10.8. The van der Waals surface area contributed by atoms with Gasteiger partial charge in [0.1, 0.15) is 0 Å². The maximum atomic E-state index is 2.45. The Morgan fingerprint density at radius 2 is 2.15 bits per heavy atom. The minimum absolute atomic E-state index is 0.878. The molecule has 0 aromatic rings. The van der Waals surface area contributed by atoms with E-state index in [9.17, 15) is 0 Å². The lowest BCUT2D eigenvalue weighted by Crippen LogP contribution is -2.12. The third-order valence-electron chi connectivity index (χ3n) is 3.22. The van der Waals surface area contributed by atoms with Crippen LogP contribution >= 0.6 is 0 Å². The average Bonchev–Trinajstić information content (AvgIpc) is 2.08. The summed E-state index contributed by atoms with van der Waals surface area (Å²) in [5, 5.41) is 0. The van der Waals surface area contributed by atoms with Crippen molar-refractivity contribution in [3.63, 3.8) is 0 Å². The smallest absolute Gasteiger partial charge is 0.0208 e. The van der Waals surface area contributed by atoms with E-state index in [1.807, 2.05) is 0 Å². The Hall–Kier alpha value is -0.260. The molecule has 0 N–H and O–H groups in total. The summed E-state index contributed by atoms with van der Waals surface area (Å²) in [6.45, 7) is 7.05. The summed E-state index contributed by atoms with van der Waals surface area (Å²) in [6.07, 6.45) is 11.8. The Morgan fingerprint density at radius 3 is 2.77 bits per heavy atom. The van der Waals surface area contributed by atoms with Crippen LogP contribution in [0.2, 0.25) is 0 Å². The fourth-order valence-corrected chi connectivity index (χ4v) is 2.18. The number of hydrogen-bond donors (Lipinski definition) is 0. The van der Waals surface area contributed by atoms with Gasteiger partial charge in [0.2, 0.25) is 0 Å². The van der Waals surface area contributed by atoms with Crippen molar-refractivity contribution < 1.29 is 0 Å². The zero-order chi connectivity index (χ0) is 9.68. The zero-order valence-corrected chi connectivity index (χ0v) is 9.42. The molecule has 0 aromatic heterocycles. The molecule has 0 spiro atoms. The van der Waals surface area contributed by atoms with Gasteiger partial charge in [-0.2, -0.15) is 0 Å². The molecule has 0 bridgehead atoms. The molecule has 0 aromatic carbocycles. The van der Waals surface area contributed by atoms with Crippen LogP contribution in [-0.4, -0.2) is 0 Å². The Labute approximate surface area is 83.4 Å². The monoisotopic (exact) mass is 180 g/mol. The lowest BCUT2D eigenvalue weighted by atomic mass is 9.82. The van der Waals surface area contributed by atoms with E-state index in [1.165, 1.54) is 32.1 Å². The Balaban J connectivity index is 2.19. The van der Waals surface area contributed by atoms with Crippen LogP contribution in [0.15, 0.2) is 12.2 Å². The molecule has 0 heteroatoms. The third-order valence-corrected chi connectivity index (χ3v) is 3.22. The van der Waals surface area contributed by atoms with E-state index in [2.05, 4.69) is 32.9 Å². The summed E-state index contributed by atoms with van der Waals surface area (Å²) in [5.41, 5.74) is 0. The number of rotatable bonds is 4. The van der Waals surface area contributed by atoms with Crippen LogP contribution in [0.3, 0.4) is 0 Å². The molecule has 2 atom stereocenters. The summed E-state index contributed by atoms with van der Waals surface area (Å²) >= 11 is 0. The van der Waals surface area contributed by atoms with E-state index in [1.54, 1.807) is 0 Å².